The van der Waals surface area contributed by atoms with Gasteiger partial charge in [0.25, 0.3) is 0 Å². The minimum absolute atomic E-state index is 0.00208. The molecule has 1 aromatic heterocycles. The zero-order valence-electron chi connectivity index (χ0n) is 20.7. The maximum atomic E-state index is 13.4. The number of benzene rings is 2. The van der Waals surface area contributed by atoms with Crippen molar-refractivity contribution in [1.29, 1.82) is 0 Å². The van der Waals surface area contributed by atoms with Crippen molar-refractivity contribution in [2.75, 3.05) is 18.4 Å². The SMILES string of the molecule is C=C[C@H]1CN2CCC1C[C@H]2[C@H](NC(=S)Nc1cc(C(F)(F)F)cc(C(F)(F)F)c1)c1ccnc2ccccc12. The summed E-state index contributed by atoms with van der Waals surface area (Å²) in [4.78, 5) is 6.79. The number of piperidine rings is 3. The zero-order valence-corrected chi connectivity index (χ0v) is 21.5. The van der Waals surface area contributed by atoms with Gasteiger partial charge < -0.3 is 10.6 Å². The van der Waals surface area contributed by atoms with Gasteiger partial charge in [0, 0.05) is 29.9 Å². The number of nitrogens with one attached hydrogen (secondary N) is 2. The number of hydrogen-bond acceptors (Lipinski definition) is 3. The Hall–Kier alpha value is -3.18. The predicted octanol–water partition coefficient (Wildman–Crippen LogP) is 7.20. The molecular formula is C28H26F6N4S. The molecule has 2 N–H and O–H groups in total. The highest BCUT2D eigenvalue weighted by molar-refractivity contribution is 7.80. The van der Waals surface area contributed by atoms with E-state index in [4.69, 9.17) is 12.2 Å². The molecule has 11 heteroatoms. The van der Waals surface area contributed by atoms with Gasteiger partial charge in [-0.05, 0) is 79.3 Å². The molecule has 2 aromatic carbocycles. The van der Waals surface area contributed by atoms with Crippen LogP contribution in [0.25, 0.3) is 10.9 Å². The van der Waals surface area contributed by atoms with Gasteiger partial charge in [-0.25, -0.2) is 0 Å². The van der Waals surface area contributed by atoms with Crippen molar-refractivity contribution in [3.05, 3.63) is 84.1 Å². The number of anilines is 1. The summed E-state index contributed by atoms with van der Waals surface area (Å²) in [5.74, 6) is 0.787. The third kappa shape index (κ3) is 5.74. The molecule has 0 saturated carbocycles. The fourth-order valence-electron chi connectivity index (χ4n) is 5.83. The average Bonchev–Trinajstić information content (AvgIpc) is 2.90. The van der Waals surface area contributed by atoms with E-state index >= 15 is 0 Å². The summed E-state index contributed by atoms with van der Waals surface area (Å²) in [5, 5.41) is 6.65. The van der Waals surface area contributed by atoms with Gasteiger partial charge >= 0.3 is 12.4 Å². The van der Waals surface area contributed by atoms with E-state index in [9.17, 15) is 26.3 Å². The molecule has 3 aromatic rings. The topological polar surface area (TPSA) is 40.2 Å². The Morgan fingerprint density at radius 1 is 1.05 bits per heavy atom. The van der Waals surface area contributed by atoms with Gasteiger partial charge in [-0.15, -0.1) is 6.58 Å². The monoisotopic (exact) mass is 564 g/mol. The van der Waals surface area contributed by atoms with Crippen LogP contribution in [0.3, 0.4) is 0 Å². The van der Waals surface area contributed by atoms with Crippen LogP contribution < -0.4 is 10.6 Å². The van der Waals surface area contributed by atoms with Crippen molar-refractivity contribution in [1.82, 2.24) is 15.2 Å². The molecule has 2 bridgehead atoms. The average molecular weight is 565 g/mol. The van der Waals surface area contributed by atoms with Crippen LogP contribution in [0.5, 0.6) is 0 Å². The smallest absolute Gasteiger partial charge is 0.354 e. The number of hydrogen-bond donors (Lipinski definition) is 2. The lowest BCUT2D eigenvalue weighted by Gasteiger charge is -2.52. The third-order valence-corrected chi connectivity index (χ3v) is 7.91. The molecule has 0 amide bonds. The number of fused-ring (bicyclic) bond motifs is 4. The summed E-state index contributed by atoms with van der Waals surface area (Å²) in [7, 11) is 0. The summed E-state index contributed by atoms with van der Waals surface area (Å²) in [6, 6.07) is 10.4. The highest BCUT2D eigenvalue weighted by Gasteiger charge is 2.43. The van der Waals surface area contributed by atoms with E-state index in [0.717, 1.165) is 42.4 Å². The maximum absolute atomic E-state index is 13.4. The molecule has 0 radical (unpaired) electrons. The summed E-state index contributed by atoms with van der Waals surface area (Å²) in [6.45, 7) is 5.68. The van der Waals surface area contributed by atoms with E-state index in [1.54, 1.807) is 6.20 Å². The molecule has 4 nitrogen and oxygen atoms in total. The Morgan fingerprint density at radius 3 is 2.36 bits per heavy atom. The van der Waals surface area contributed by atoms with E-state index in [2.05, 4.69) is 27.1 Å². The Balaban J connectivity index is 1.48. The normalized spacial score (nSPS) is 23.8. The second kappa shape index (κ2) is 10.4. The lowest BCUT2D eigenvalue weighted by molar-refractivity contribution is -0.143. The molecule has 0 spiro atoms. The van der Waals surface area contributed by atoms with Crippen LogP contribution in [-0.4, -0.2) is 34.1 Å². The second-order valence-corrected chi connectivity index (χ2v) is 10.4. The Bertz CT molecular complexity index is 1350. The van der Waals surface area contributed by atoms with Gasteiger partial charge in [-0.2, -0.15) is 26.3 Å². The Kier molecular flexibility index (Phi) is 7.32. The quantitative estimate of drug-likeness (QED) is 0.195. The van der Waals surface area contributed by atoms with Crippen LogP contribution in [-0.2, 0) is 12.4 Å². The molecule has 5 atom stereocenters. The summed E-state index contributed by atoms with van der Waals surface area (Å²) in [5.41, 5.74) is -1.55. The number of pyridine rings is 1. The van der Waals surface area contributed by atoms with Crippen molar-refractivity contribution in [2.24, 2.45) is 11.8 Å². The first-order chi connectivity index (χ1) is 18.4. The van der Waals surface area contributed by atoms with Crippen LogP contribution in [0.2, 0.25) is 0 Å². The molecule has 4 heterocycles. The van der Waals surface area contributed by atoms with Gasteiger partial charge in [0.2, 0.25) is 0 Å². The van der Waals surface area contributed by atoms with E-state index in [1.807, 2.05) is 36.4 Å². The van der Waals surface area contributed by atoms with Crippen LogP contribution in [0.15, 0.2) is 67.4 Å². The van der Waals surface area contributed by atoms with Crippen molar-refractivity contribution in [2.45, 2.75) is 37.3 Å². The Labute approximate surface area is 227 Å². The number of alkyl halides is 6. The van der Waals surface area contributed by atoms with Gasteiger partial charge in [0.15, 0.2) is 5.11 Å². The van der Waals surface area contributed by atoms with Crippen LogP contribution in [0.1, 0.15) is 35.6 Å². The molecule has 206 valence electrons. The van der Waals surface area contributed by atoms with Crippen LogP contribution >= 0.6 is 12.2 Å². The number of para-hydroxylation sites is 1. The second-order valence-electron chi connectivity index (χ2n) is 10.0. The summed E-state index contributed by atoms with van der Waals surface area (Å²) in [6.07, 6.45) is -4.37. The standard InChI is InChI=1S/C28H26F6N4S/c1-2-16-15-38-10-8-17(16)11-24(38)25(22-7-9-35-23-6-4-3-5-21(22)23)37-26(39)36-20-13-18(27(29,30)31)12-19(14-20)28(32,33)34/h2-7,9,12-14,16-17,24-25H,1,8,10-11,15H2,(H2,36,37,39)/t16-,17?,24-,25+/m0/s1. The molecule has 2 unspecified atom stereocenters. The lowest BCUT2D eigenvalue weighted by atomic mass is 9.73. The Morgan fingerprint density at radius 2 is 1.74 bits per heavy atom. The van der Waals surface area contributed by atoms with E-state index in [-0.39, 0.29) is 23.3 Å². The molecule has 0 aliphatic carbocycles. The molecule has 39 heavy (non-hydrogen) atoms. The number of nitrogens with zero attached hydrogens (tertiary/aromatic N) is 2. The minimum atomic E-state index is -4.96. The maximum Gasteiger partial charge on any atom is 0.416 e. The molecule has 3 fully saturated rings. The van der Waals surface area contributed by atoms with Crippen LogP contribution in [0, 0.1) is 11.8 Å². The number of rotatable bonds is 5. The fraction of sp³-hybridized carbons (Fsp3) is 0.357. The van der Waals surface area contributed by atoms with Crippen molar-refractivity contribution in [3.63, 3.8) is 0 Å². The molecular weight excluding hydrogens is 538 g/mol. The first-order valence-corrected chi connectivity index (χ1v) is 12.9. The van der Waals surface area contributed by atoms with Gasteiger partial charge in [0.1, 0.15) is 0 Å². The van der Waals surface area contributed by atoms with Crippen molar-refractivity contribution < 1.29 is 26.3 Å². The van der Waals surface area contributed by atoms with Crippen LogP contribution in [0.4, 0.5) is 32.0 Å². The van der Waals surface area contributed by atoms with Gasteiger partial charge in [-0.3, -0.25) is 9.88 Å². The number of halogens is 6. The molecule has 3 aliphatic rings. The first-order valence-electron chi connectivity index (χ1n) is 12.5. The van der Waals surface area contributed by atoms with E-state index in [1.165, 1.54) is 0 Å². The third-order valence-electron chi connectivity index (χ3n) is 7.69. The van der Waals surface area contributed by atoms with Crippen molar-refractivity contribution >= 4 is 33.9 Å². The number of thiocarbonyl (C=S) groups is 1. The first kappa shape index (κ1) is 27.4. The predicted molar refractivity (Wildman–Crippen MR) is 142 cm³/mol. The molecule has 3 saturated heterocycles. The van der Waals surface area contributed by atoms with Gasteiger partial charge in [0.05, 0.1) is 22.7 Å². The summed E-state index contributed by atoms with van der Waals surface area (Å²) >= 11 is 5.47. The summed E-state index contributed by atoms with van der Waals surface area (Å²) < 4.78 is 80.3. The zero-order chi connectivity index (χ0) is 27.9. The van der Waals surface area contributed by atoms with Gasteiger partial charge in [-0.1, -0.05) is 24.3 Å². The molecule has 3 aliphatic heterocycles. The lowest BCUT2D eigenvalue weighted by Crippen LogP contribution is -2.57. The highest BCUT2D eigenvalue weighted by Crippen LogP contribution is 2.42. The fourth-order valence-corrected chi connectivity index (χ4v) is 6.07. The van der Waals surface area contributed by atoms with Crippen molar-refractivity contribution in [3.8, 4) is 0 Å². The largest absolute Gasteiger partial charge is 0.416 e. The minimum Gasteiger partial charge on any atom is -0.354 e. The number of aromatic nitrogens is 1. The van der Waals surface area contributed by atoms with E-state index in [0.29, 0.717) is 24.0 Å². The van der Waals surface area contributed by atoms with E-state index < -0.39 is 29.2 Å². The molecule has 6 rings (SSSR count). The highest BCUT2D eigenvalue weighted by atomic mass is 32.1.